The van der Waals surface area contributed by atoms with Crippen molar-refractivity contribution in [1.29, 1.82) is 0 Å². The summed E-state index contributed by atoms with van der Waals surface area (Å²) in [5.74, 6) is 11.1. The van der Waals surface area contributed by atoms with Gasteiger partial charge in [-0.15, -0.1) is 6.58 Å². The lowest BCUT2D eigenvalue weighted by molar-refractivity contribution is -0.143. The van der Waals surface area contributed by atoms with E-state index in [2.05, 4.69) is 30.3 Å². The van der Waals surface area contributed by atoms with Crippen LogP contribution in [-0.2, 0) is 14.3 Å². The van der Waals surface area contributed by atoms with Crippen molar-refractivity contribution >= 4 is 5.97 Å². The first-order valence-electron chi connectivity index (χ1n) is 8.09. The molecular formula is C19H26O3. The highest BCUT2D eigenvalue weighted by molar-refractivity contribution is 5.66. The molecule has 1 fully saturated rings. The average molecular weight is 302 g/mol. The summed E-state index contributed by atoms with van der Waals surface area (Å²) in [6, 6.07) is 0. The zero-order valence-electron chi connectivity index (χ0n) is 13.7. The lowest BCUT2D eigenvalue weighted by Gasteiger charge is -2.06. The van der Waals surface area contributed by atoms with Gasteiger partial charge >= 0.3 is 5.97 Å². The molecular weight excluding hydrogens is 276 g/mol. The van der Waals surface area contributed by atoms with Crippen molar-refractivity contribution in [2.45, 2.75) is 77.1 Å². The molecule has 3 atom stereocenters. The van der Waals surface area contributed by atoms with Crippen LogP contribution in [0.4, 0.5) is 0 Å². The van der Waals surface area contributed by atoms with E-state index in [0.29, 0.717) is 12.5 Å². The Kier molecular flexibility index (Phi) is 9.12. The molecule has 120 valence electrons. The predicted molar refractivity (Wildman–Crippen MR) is 88.0 cm³/mol. The van der Waals surface area contributed by atoms with Crippen molar-refractivity contribution in [1.82, 2.24) is 0 Å². The van der Waals surface area contributed by atoms with E-state index in [1.54, 1.807) is 0 Å². The summed E-state index contributed by atoms with van der Waals surface area (Å²) in [6.07, 6.45) is 9.59. The van der Waals surface area contributed by atoms with Crippen LogP contribution in [0.25, 0.3) is 0 Å². The topological polar surface area (TPSA) is 38.8 Å². The smallest absolute Gasteiger partial charge is 0.303 e. The number of epoxide rings is 1. The van der Waals surface area contributed by atoms with Gasteiger partial charge in [-0.05, 0) is 43.4 Å². The lowest BCUT2D eigenvalue weighted by Crippen LogP contribution is -2.12. The Morgan fingerprint density at radius 1 is 1.32 bits per heavy atom. The predicted octanol–water partition coefficient (Wildman–Crippen LogP) is 3.63. The normalized spacial score (nSPS) is 19.9. The van der Waals surface area contributed by atoms with Crippen LogP contribution >= 0.6 is 0 Å². The second kappa shape index (κ2) is 10.9. The summed E-state index contributed by atoms with van der Waals surface area (Å²) in [7, 11) is 0. The Balaban J connectivity index is 2.13. The van der Waals surface area contributed by atoms with E-state index in [1.165, 1.54) is 26.2 Å². The number of hydrogen-bond acceptors (Lipinski definition) is 3. The molecule has 1 heterocycles. The monoisotopic (exact) mass is 302 g/mol. The number of unbranched alkanes of at least 4 members (excludes halogenated alkanes) is 3. The van der Waals surface area contributed by atoms with Crippen LogP contribution in [0.3, 0.4) is 0 Å². The molecule has 0 spiro atoms. The molecule has 0 radical (unpaired) electrons. The van der Waals surface area contributed by atoms with Crippen molar-refractivity contribution < 1.29 is 14.3 Å². The van der Waals surface area contributed by atoms with E-state index < -0.39 is 0 Å². The second-order valence-corrected chi connectivity index (χ2v) is 5.42. The number of carbonyl (C=O) groups excluding carboxylic acids is 1. The summed E-state index contributed by atoms with van der Waals surface area (Å²) in [5.41, 5.74) is 0. The molecule has 3 nitrogen and oxygen atoms in total. The number of carbonyl (C=O) groups is 1. The molecule has 0 aromatic carbocycles. The minimum atomic E-state index is -0.354. The largest absolute Gasteiger partial charge is 0.449 e. The Morgan fingerprint density at radius 3 is 2.82 bits per heavy atom. The molecule has 1 aliphatic rings. The summed E-state index contributed by atoms with van der Waals surface area (Å²) in [6.45, 7) is 7.03. The van der Waals surface area contributed by atoms with Gasteiger partial charge in [-0.25, -0.2) is 0 Å². The Morgan fingerprint density at radius 2 is 2.14 bits per heavy atom. The molecule has 1 aliphatic heterocycles. The molecule has 1 unspecified atom stereocenters. The van der Waals surface area contributed by atoms with E-state index in [-0.39, 0.29) is 18.2 Å². The fourth-order valence-electron chi connectivity index (χ4n) is 2.15. The Bertz CT molecular complexity index is 472. The second-order valence-electron chi connectivity index (χ2n) is 5.42. The van der Waals surface area contributed by atoms with Gasteiger partial charge in [-0.2, -0.15) is 0 Å². The third-order valence-electron chi connectivity index (χ3n) is 3.45. The van der Waals surface area contributed by atoms with Crippen molar-refractivity contribution in [3.63, 3.8) is 0 Å². The van der Waals surface area contributed by atoms with Crippen molar-refractivity contribution in [2.75, 3.05) is 0 Å². The third kappa shape index (κ3) is 8.55. The first kappa shape index (κ1) is 18.3. The van der Waals surface area contributed by atoms with Crippen LogP contribution in [0.1, 0.15) is 58.8 Å². The van der Waals surface area contributed by atoms with Crippen LogP contribution in [0.2, 0.25) is 0 Å². The summed E-state index contributed by atoms with van der Waals surface area (Å²) >= 11 is 0. The van der Waals surface area contributed by atoms with E-state index in [0.717, 1.165) is 19.3 Å². The maximum absolute atomic E-state index is 10.8. The van der Waals surface area contributed by atoms with Crippen LogP contribution in [-0.4, -0.2) is 24.3 Å². The SMILES string of the molecule is C=CCCCCC[C@@H]1O[C@@H]1CC#CC#CC(CC)OC(C)=O. The first-order chi connectivity index (χ1) is 10.7. The molecule has 0 saturated carbocycles. The van der Waals surface area contributed by atoms with Crippen LogP contribution in [0.5, 0.6) is 0 Å². The molecule has 22 heavy (non-hydrogen) atoms. The molecule has 0 bridgehead atoms. The van der Waals surface area contributed by atoms with Gasteiger partial charge in [0.1, 0.15) is 0 Å². The lowest BCUT2D eigenvalue weighted by atomic mass is 10.1. The van der Waals surface area contributed by atoms with Gasteiger partial charge in [-0.1, -0.05) is 31.8 Å². The summed E-state index contributed by atoms with van der Waals surface area (Å²) in [5, 5.41) is 0. The highest BCUT2D eigenvalue weighted by atomic mass is 16.6. The molecule has 0 aromatic rings. The minimum Gasteiger partial charge on any atom is -0.449 e. The number of hydrogen-bond donors (Lipinski definition) is 0. The fraction of sp³-hybridized carbons (Fsp3) is 0.632. The number of ether oxygens (including phenoxy) is 2. The number of allylic oxidation sites excluding steroid dienone is 1. The maximum atomic E-state index is 10.8. The van der Waals surface area contributed by atoms with Gasteiger partial charge in [0, 0.05) is 13.3 Å². The van der Waals surface area contributed by atoms with Gasteiger partial charge in [0.15, 0.2) is 6.10 Å². The molecule has 0 aromatic heterocycles. The van der Waals surface area contributed by atoms with E-state index in [9.17, 15) is 4.79 Å². The van der Waals surface area contributed by atoms with E-state index in [4.69, 9.17) is 9.47 Å². The molecule has 1 rings (SSSR count). The molecule has 3 heteroatoms. The van der Waals surface area contributed by atoms with Crippen LogP contribution in [0, 0.1) is 23.7 Å². The number of esters is 1. The van der Waals surface area contributed by atoms with E-state index in [1.807, 2.05) is 13.0 Å². The zero-order chi connectivity index (χ0) is 16.2. The quantitative estimate of drug-likeness (QED) is 0.215. The Labute approximate surface area is 134 Å². The number of rotatable bonds is 9. The van der Waals surface area contributed by atoms with Gasteiger partial charge in [0.05, 0.1) is 12.2 Å². The van der Waals surface area contributed by atoms with Crippen LogP contribution in [0.15, 0.2) is 12.7 Å². The molecule has 0 aliphatic carbocycles. The maximum Gasteiger partial charge on any atom is 0.303 e. The highest BCUT2D eigenvalue weighted by Crippen LogP contribution is 2.29. The van der Waals surface area contributed by atoms with Crippen molar-refractivity contribution in [3.05, 3.63) is 12.7 Å². The first-order valence-corrected chi connectivity index (χ1v) is 8.09. The minimum absolute atomic E-state index is 0.282. The van der Waals surface area contributed by atoms with Gasteiger partial charge < -0.3 is 9.47 Å². The highest BCUT2D eigenvalue weighted by Gasteiger charge is 2.36. The van der Waals surface area contributed by atoms with E-state index >= 15 is 0 Å². The summed E-state index contributed by atoms with van der Waals surface area (Å²) in [4.78, 5) is 10.8. The van der Waals surface area contributed by atoms with Crippen molar-refractivity contribution in [2.24, 2.45) is 0 Å². The van der Waals surface area contributed by atoms with Crippen LogP contribution < -0.4 is 0 Å². The standard InChI is InChI=1S/C19H26O3/c1-4-6-7-8-11-14-18-19(22-18)15-12-9-10-13-17(5-2)21-16(3)20/h4,17-19H,1,5-8,11,14-15H2,2-3H3/t17?,18-,19+/m0/s1. The Hall–Kier alpha value is -1.71. The molecule has 1 saturated heterocycles. The molecule has 0 amide bonds. The van der Waals surface area contributed by atoms with Gasteiger partial charge in [0.25, 0.3) is 0 Å². The third-order valence-corrected chi connectivity index (χ3v) is 3.45. The average Bonchev–Trinajstić information content (AvgIpc) is 3.23. The summed E-state index contributed by atoms with van der Waals surface area (Å²) < 4.78 is 10.6. The van der Waals surface area contributed by atoms with Gasteiger partial charge in [-0.3, -0.25) is 4.79 Å². The zero-order valence-corrected chi connectivity index (χ0v) is 13.7. The van der Waals surface area contributed by atoms with Gasteiger partial charge in [0.2, 0.25) is 0 Å². The van der Waals surface area contributed by atoms with Crippen molar-refractivity contribution in [3.8, 4) is 23.7 Å². The molecule has 0 N–H and O–H groups in total. The fourth-order valence-corrected chi connectivity index (χ4v) is 2.15.